The summed E-state index contributed by atoms with van der Waals surface area (Å²) in [5, 5.41) is 4.00. The van der Waals surface area contributed by atoms with Crippen LogP contribution in [0.3, 0.4) is 0 Å². The predicted octanol–water partition coefficient (Wildman–Crippen LogP) is 3.67. The molecule has 2 rings (SSSR count). The number of ether oxygens (including phenoxy) is 1. The van der Waals surface area contributed by atoms with Gasteiger partial charge in [-0.3, -0.25) is 4.79 Å². The van der Waals surface area contributed by atoms with Crippen molar-refractivity contribution in [2.24, 2.45) is 0 Å². The van der Waals surface area contributed by atoms with Gasteiger partial charge in [-0.2, -0.15) is 0 Å². The number of carbonyl (C=O) groups is 2. The fraction of sp³-hybridized carbons (Fsp3) is 0.571. The van der Waals surface area contributed by atoms with Gasteiger partial charge in [0.15, 0.2) is 5.11 Å². The molecule has 1 heterocycles. The van der Waals surface area contributed by atoms with Gasteiger partial charge in [-0.15, -0.1) is 0 Å². The van der Waals surface area contributed by atoms with Crippen LogP contribution in [0.25, 0.3) is 0 Å². The zero-order valence-corrected chi connectivity index (χ0v) is 17.9. The van der Waals surface area contributed by atoms with Gasteiger partial charge in [-0.05, 0) is 62.7 Å². The van der Waals surface area contributed by atoms with Crippen LogP contribution >= 0.6 is 12.2 Å². The molecular weight excluding hydrogens is 374 g/mol. The number of carbonyl (C=O) groups excluding carboxylic acids is 2. The lowest BCUT2D eigenvalue weighted by Crippen LogP contribution is -2.49. The average Bonchev–Trinajstić information content (AvgIpc) is 2.69. The summed E-state index contributed by atoms with van der Waals surface area (Å²) >= 11 is 5.70. The van der Waals surface area contributed by atoms with E-state index in [-0.39, 0.29) is 11.9 Å². The van der Waals surface area contributed by atoms with E-state index >= 15 is 0 Å². The maximum atomic E-state index is 11.8. The topological polar surface area (TPSA) is 61.9 Å². The highest BCUT2D eigenvalue weighted by Crippen LogP contribution is 2.20. The van der Waals surface area contributed by atoms with E-state index in [0.717, 1.165) is 51.0 Å². The van der Waals surface area contributed by atoms with Crippen LogP contribution in [-0.2, 0) is 9.53 Å². The SMILES string of the molecule is CCCCN(C(=S)Nc1ccc(C(=O)OCC)cc1)C1CCN(C(C)=O)CC1. The Morgan fingerprint density at radius 1 is 1.21 bits per heavy atom. The quantitative estimate of drug-likeness (QED) is 0.552. The molecule has 0 spiro atoms. The summed E-state index contributed by atoms with van der Waals surface area (Å²) in [6.07, 6.45) is 4.01. The molecule has 1 fully saturated rings. The number of rotatable bonds is 7. The predicted molar refractivity (Wildman–Crippen MR) is 116 cm³/mol. The molecule has 0 aliphatic carbocycles. The van der Waals surface area contributed by atoms with E-state index < -0.39 is 0 Å². The molecule has 1 N–H and O–H groups in total. The van der Waals surface area contributed by atoms with Gasteiger partial charge < -0.3 is 19.9 Å². The van der Waals surface area contributed by atoms with E-state index in [9.17, 15) is 9.59 Å². The van der Waals surface area contributed by atoms with Crippen molar-refractivity contribution in [3.05, 3.63) is 29.8 Å². The Labute approximate surface area is 173 Å². The van der Waals surface area contributed by atoms with Crippen molar-refractivity contribution in [2.75, 3.05) is 31.6 Å². The van der Waals surface area contributed by atoms with Gasteiger partial charge in [0, 0.05) is 38.3 Å². The standard InChI is InChI=1S/C21H31N3O3S/c1-4-6-13-24(19-11-14-23(15-12-19)16(3)25)21(28)22-18-9-7-17(8-10-18)20(26)27-5-2/h7-10,19H,4-6,11-15H2,1-3H3,(H,22,28). The zero-order chi connectivity index (χ0) is 20.5. The van der Waals surface area contributed by atoms with Gasteiger partial charge in [0.05, 0.1) is 12.2 Å². The van der Waals surface area contributed by atoms with E-state index in [1.54, 1.807) is 26.0 Å². The monoisotopic (exact) mass is 405 g/mol. The number of amides is 1. The Balaban J connectivity index is 2.00. The van der Waals surface area contributed by atoms with Crippen molar-refractivity contribution in [3.8, 4) is 0 Å². The number of esters is 1. The summed E-state index contributed by atoms with van der Waals surface area (Å²) in [5.41, 5.74) is 1.37. The Morgan fingerprint density at radius 2 is 1.86 bits per heavy atom. The van der Waals surface area contributed by atoms with Gasteiger partial charge in [-0.1, -0.05) is 13.3 Å². The molecule has 1 saturated heterocycles. The molecule has 0 unspecified atom stereocenters. The molecule has 28 heavy (non-hydrogen) atoms. The van der Waals surface area contributed by atoms with Crippen LogP contribution in [0.5, 0.6) is 0 Å². The molecule has 0 aromatic heterocycles. The second-order valence-corrected chi connectivity index (χ2v) is 7.40. The number of likely N-dealkylation sites (tertiary alicyclic amines) is 1. The number of piperidine rings is 1. The number of anilines is 1. The van der Waals surface area contributed by atoms with Gasteiger partial charge in [0.1, 0.15) is 0 Å². The fourth-order valence-corrected chi connectivity index (χ4v) is 3.73. The third-order valence-corrected chi connectivity index (χ3v) is 5.35. The van der Waals surface area contributed by atoms with Crippen LogP contribution in [0, 0.1) is 0 Å². The lowest BCUT2D eigenvalue weighted by atomic mass is 10.0. The van der Waals surface area contributed by atoms with Gasteiger partial charge >= 0.3 is 5.97 Å². The number of hydrogen-bond donors (Lipinski definition) is 1. The molecule has 0 atom stereocenters. The number of benzene rings is 1. The molecule has 0 bridgehead atoms. The molecule has 1 aliphatic heterocycles. The highest BCUT2D eigenvalue weighted by molar-refractivity contribution is 7.80. The molecule has 154 valence electrons. The summed E-state index contributed by atoms with van der Waals surface area (Å²) in [7, 11) is 0. The number of nitrogens with zero attached hydrogens (tertiary/aromatic N) is 2. The number of nitrogens with one attached hydrogen (secondary N) is 1. The van der Waals surface area contributed by atoms with Crippen molar-refractivity contribution >= 4 is 34.9 Å². The number of thiocarbonyl (C=S) groups is 1. The normalized spacial score (nSPS) is 14.5. The minimum Gasteiger partial charge on any atom is -0.462 e. The third-order valence-electron chi connectivity index (χ3n) is 5.01. The van der Waals surface area contributed by atoms with Gasteiger partial charge in [0.25, 0.3) is 0 Å². The Bertz CT molecular complexity index is 670. The molecule has 1 aliphatic rings. The van der Waals surface area contributed by atoms with Crippen molar-refractivity contribution in [3.63, 3.8) is 0 Å². The van der Waals surface area contributed by atoms with E-state index in [4.69, 9.17) is 17.0 Å². The van der Waals surface area contributed by atoms with Gasteiger partial charge in [-0.25, -0.2) is 4.79 Å². The summed E-state index contributed by atoms with van der Waals surface area (Å²) < 4.78 is 5.01. The first-order valence-electron chi connectivity index (χ1n) is 10.1. The Morgan fingerprint density at radius 3 is 2.39 bits per heavy atom. The Hall–Kier alpha value is -2.15. The smallest absolute Gasteiger partial charge is 0.338 e. The zero-order valence-electron chi connectivity index (χ0n) is 17.1. The molecule has 0 saturated carbocycles. The summed E-state index contributed by atoms with van der Waals surface area (Å²) in [4.78, 5) is 27.5. The van der Waals surface area contributed by atoms with Crippen molar-refractivity contribution in [2.45, 2.75) is 52.5 Å². The molecular formula is C21H31N3O3S. The van der Waals surface area contributed by atoms with Crippen LogP contribution < -0.4 is 5.32 Å². The number of unbranched alkanes of at least 4 members (excludes halogenated alkanes) is 1. The van der Waals surface area contributed by atoms with Crippen LogP contribution in [0.1, 0.15) is 56.8 Å². The maximum Gasteiger partial charge on any atom is 0.338 e. The van der Waals surface area contributed by atoms with E-state index in [0.29, 0.717) is 23.3 Å². The minimum atomic E-state index is -0.321. The van der Waals surface area contributed by atoms with Crippen molar-refractivity contribution < 1.29 is 14.3 Å². The van der Waals surface area contributed by atoms with E-state index in [1.165, 1.54) is 0 Å². The van der Waals surface area contributed by atoms with Crippen LogP contribution in [-0.4, -0.2) is 59.1 Å². The average molecular weight is 406 g/mol. The van der Waals surface area contributed by atoms with Crippen LogP contribution in [0.2, 0.25) is 0 Å². The summed E-state index contributed by atoms with van der Waals surface area (Å²) in [6, 6.07) is 7.50. The van der Waals surface area contributed by atoms with Crippen LogP contribution in [0.15, 0.2) is 24.3 Å². The van der Waals surface area contributed by atoms with Crippen LogP contribution in [0.4, 0.5) is 5.69 Å². The third kappa shape index (κ3) is 6.19. The summed E-state index contributed by atoms with van der Waals surface area (Å²) in [6.45, 7) is 8.39. The molecule has 1 aromatic carbocycles. The molecule has 1 amide bonds. The first-order valence-corrected chi connectivity index (χ1v) is 10.5. The van der Waals surface area contributed by atoms with Crippen molar-refractivity contribution in [1.82, 2.24) is 9.80 Å². The number of hydrogen-bond acceptors (Lipinski definition) is 4. The molecule has 0 radical (unpaired) electrons. The second-order valence-electron chi connectivity index (χ2n) is 7.01. The first kappa shape index (κ1) is 22.1. The molecule has 6 nitrogen and oxygen atoms in total. The minimum absolute atomic E-state index is 0.140. The maximum absolute atomic E-state index is 11.8. The van der Waals surface area contributed by atoms with E-state index in [1.807, 2.05) is 17.0 Å². The lowest BCUT2D eigenvalue weighted by Gasteiger charge is -2.39. The highest BCUT2D eigenvalue weighted by Gasteiger charge is 2.27. The van der Waals surface area contributed by atoms with E-state index in [2.05, 4.69) is 17.1 Å². The summed E-state index contributed by atoms with van der Waals surface area (Å²) in [5.74, 6) is -0.181. The second kappa shape index (κ2) is 11.0. The fourth-order valence-electron chi connectivity index (χ4n) is 3.37. The van der Waals surface area contributed by atoms with Gasteiger partial charge in [0.2, 0.25) is 5.91 Å². The first-order chi connectivity index (χ1) is 13.5. The largest absolute Gasteiger partial charge is 0.462 e. The highest BCUT2D eigenvalue weighted by atomic mass is 32.1. The lowest BCUT2D eigenvalue weighted by molar-refractivity contribution is -0.130. The van der Waals surface area contributed by atoms with Crippen molar-refractivity contribution in [1.29, 1.82) is 0 Å². The molecule has 7 heteroatoms. The molecule has 1 aromatic rings. The Kier molecular flexibility index (Phi) is 8.70.